The van der Waals surface area contributed by atoms with Gasteiger partial charge in [0.15, 0.2) is 0 Å². The van der Waals surface area contributed by atoms with Gasteiger partial charge in [0, 0.05) is 10.9 Å². The van der Waals surface area contributed by atoms with Gasteiger partial charge in [-0.1, -0.05) is 77.8 Å². The van der Waals surface area contributed by atoms with E-state index in [-0.39, 0.29) is 22.5 Å². The van der Waals surface area contributed by atoms with Crippen LogP contribution < -0.4 is 14.4 Å². The van der Waals surface area contributed by atoms with Gasteiger partial charge in [0.25, 0.3) is 5.91 Å². The third-order valence-electron chi connectivity index (χ3n) is 5.54. The standard InChI is InChI=1S/C27H24Cl2N2O4S/c1-36(33,34)31(24-10-5-9-23(28)26(24)29)18-19-12-14-21(15-13-19)27(32)30-16-17-35-25-11-4-7-20-6-2-3-8-22(20)25/h2-15H,16-18H2,1H3,(H,30,32). The highest BCUT2D eigenvalue weighted by atomic mass is 35.5. The first kappa shape index (κ1) is 25.8. The molecule has 36 heavy (non-hydrogen) atoms. The maximum Gasteiger partial charge on any atom is 0.251 e. The Morgan fingerprint density at radius 2 is 1.61 bits per heavy atom. The van der Waals surface area contributed by atoms with E-state index in [1.165, 1.54) is 4.31 Å². The highest BCUT2D eigenvalue weighted by Crippen LogP contribution is 2.34. The van der Waals surface area contributed by atoms with Crippen molar-refractivity contribution in [2.75, 3.05) is 23.7 Å². The van der Waals surface area contributed by atoms with Crippen molar-refractivity contribution in [3.05, 3.63) is 106 Å². The van der Waals surface area contributed by atoms with Crippen molar-refractivity contribution in [1.82, 2.24) is 5.32 Å². The summed E-state index contributed by atoms with van der Waals surface area (Å²) in [5, 5.41) is 5.37. The maximum absolute atomic E-state index is 12.6. The van der Waals surface area contributed by atoms with Crippen LogP contribution in [0.25, 0.3) is 10.8 Å². The number of benzene rings is 4. The van der Waals surface area contributed by atoms with E-state index in [1.54, 1.807) is 42.5 Å². The Bertz CT molecular complexity index is 1490. The van der Waals surface area contributed by atoms with Crippen molar-refractivity contribution in [3.63, 3.8) is 0 Å². The first-order valence-corrected chi connectivity index (χ1v) is 13.7. The summed E-state index contributed by atoms with van der Waals surface area (Å²) in [6.45, 7) is 0.695. The lowest BCUT2D eigenvalue weighted by Gasteiger charge is -2.24. The van der Waals surface area contributed by atoms with Gasteiger partial charge in [-0.3, -0.25) is 9.10 Å². The summed E-state index contributed by atoms with van der Waals surface area (Å²) in [5.74, 6) is 0.517. The molecule has 0 bridgehead atoms. The summed E-state index contributed by atoms with van der Waals surface area (Å²) >= 11 is 12.3. The highest BCUT2D eigenvalue weighted by Gasteiger charge is 2.21. The normalized spacial score (nSPS) is 11.3. The molecule has 1 N–H and O–H groups in total. The van der Waals surface area contributed by atoms with Gasteiger partial charge in [-0.05, 0) is 41.3 Å². The summed E-state index contributed by atoms with van der Waals surface area (Å²) in [7, 11) is -3.64. The number of nitrogens with zero attached hydrogens (tertiary/aromatic N) is 1. The monoisotopic (exact) mass is 542 g/mol. The molecule has 4 rings (SSSR count). The molecule has 0 atom stereocenters. The molecule has 1 amide bonds. The smallest absolute Gasteiger partial charge is 0.251 e. The van der Waals surface area contributed by atoms with E-state index in [0.29, 0.717) is 30.0 Å². The van der Waals surface area contributed by atoms with E-state index < -0.39 is 10.0 Å². The lowest BCUT2D eigenvalue weighted by Crippen LogP contribution is -2.30. The zero-order chi connectivity index (χ0) is 25.7. The third-order valence-corrected chi connectivity index (χ3v) is 7.47. The van der Waals surface area contributed by atoms with Gasteiger partial charge < -0.3 is 10.1 Å². The molecular weight excluding hydrogens is 519 g/mol. The first-order chi connectivity index (χ1) is 17.2. The van der Waals surface area contributed by atoms with E-state index in [4.69, 9.17) is 27.9 Å². The first-order valence-electron chi connectivity index (χ1n) is 11.1. The molecule has 0 spiro atoms. The van der Waals surface area contributed by atoms with Crippen LogP contribution in [0.2, 0.25) is 10.0 Å². The van der Waals surface area contributed by atoms with Gasteiger partial charge in [-0.15, -0.1) is 0 Å². The second-order valence-electron chi connectivity index (χ2n) is 8.12. The van der Waals surface area contributed by atoms with Crippen molar-refractivity contribution in [2.45, 2.75) is 6.54 Å². The number of fused-ring (bicyclic) bond motifs is 1. The Hall–Kier alpha value is -3.26. The number of carbonyl (C=O) groups excluding carboxylic acids is 1. The predicted octanol–water partition coefficient (Wildman–Crippen LogP) is 5.92. The summed E-state index contributed by atoms with van der Waals surface area (Å²) in [4.78, 5) is 12.6. The number of halogens is 2. The van der Waals surface area contributed by atoms with Crippen molar-refractivity contribution in [1.29, 1.82) is 0 Å². The molecule has 0 saturated heterocycles. The molecule has 0 aliphatic carbocycles. The molecule has 9 heteroatoms. The molecule has 0 radical (unpaired) electrons. The molecule has 4 aromatic carbocycles. The van der Waals surface area contributed by atoms with Crippen LogP contribution in [0, 0.1) is 0 Å². The van der Waals surface area contributed by atoms with Crippen LogP contribution in [0.4, 0.5) is 5.69 Å². The van der Waals surface area contributed by atoms with Crippen LogP contribution in [-0.2, 0) is 16.6 Å². The zero-order valence-electron chi connectivity index (χ0n) is 19.4. The molecule has 0 unspecified atom stereocenters. The van der Waals surface area contributed by atoms with E-state index in [9.17, 15) is 13.2 Å². The van der Waals surface area contributed by atoms with Crippen LogP contribution in [0.3, 0.4) is 0 Å². The minimum absolute atomic E-state index is 0.0413. The Morgan fingerprint density at radius 3 is 2.36 bits per heavy atom. The average Bonchev–Trinajstić information content (AvgIpc) is 2.87. The largest absolute Gasteiger partial charge is 0.491 e. The highest BCUT2D eigenvalue weighted by molar-refractivity contribution is 7.92. The molecule has 0 fully saturated rings. The Kier molecular flexibility index (Phi) is 8.04. The fraction of sp³-hybridized carbons (Fsp3) is 0.148. The third kappa shape index (κ3) is 6.10. The quantitative estimate of drug-likeness (QED) is 0.266. The molecule has 0 aliphatic heterocycles. The number of amides is 1. The van der Waals surface area contributed by atoms with Gasteiger partial charge in [0.1, 0.15) is 12.4 Å². The molecule has 0 aliphatic rings. The minimum atomic E-state index is -3.64. The molecule has 0 saturated carbocycles. The van der Waals surface area contributed by atoms with Crippen LogP contribution in [0.5, 0.6) is 5.75 Å². The molecule has 4 aromatic rings. The zero-order valence-corrected chi connectivity index (χ0v) is 21.8. The van der Waals surface area contributed by atoms with Gasteiger partial charge in [-0.2, -0.15) is 0 Å². The number of hydrogen-bond donors (Lipinski definition) is 1. The fourth-order valence-corrected chi connectivity index (χ4v) is 5.08. The predicted molar refractivity (Wildman–Crippen MR) is 146 cm³/mol. The fourth-order valence-electron chi connectivity index (χ4n) is 3.74. The number of carbonyl (C=O) groups is 1. The van der Waals surface area contributed by atoms with Gasteiger partial charge in [0.05, 0.1) is 35.1 Å². The number of nitrogens with one attached hydrogen (secondary N) is 1. The lowest BCUT2D eigenvalue weighted by atomic mass is 10.1. The Morgan fingerprint density at radius 1 is 0.917 bits per heavy atom. The Balaban J connectivity index is 1.36. The summed E-state index contributed by atoms with van der Waals surface area (Å²) in [6, 6.07) is 25.3. The molecule has 0 aromatic heterocycles. The lowest BCUT2D eigenvalue weighted by molar-refractivity contribution is 0.0947. The van der Waals surface area contributed by atoms with Gasteiger partial charge in [-0.25, -0.2) is 8.42 Å². The van der Waals surface area contributed by atoms with E-state index >= 15 is 0 Å². The van der Waals surface area contributed by atoms with Crippen LogP contribution in [-0.4, -0.2) is 33.7 Å². The number of sulfonamides is 1. The van der Waals surface area contributed by atoms with E-state index in [2.05, 4.69) is 5.32 Å². The van der Waals surface area contributed by atoms with Crippen molar-refractivity contribution in [3.8, 4) is 5.75 Å². The van der Waals surface area contributed by atoms with Crippen LogP contribution in [0.1, 0.15) is 15.9 Å². The SMILES string of the molecule is CS(=O)(=O)N(Cc1ccc(C(=O)NCCOc2cccc3ccccc23)cc1)c1cccc(Cl)c1Cl. The van der Waals surface area contributed by atoms with E-state index in [1.807, 2.05) is 42.5 Å². The number of rotatable bonds is 9. The average molecular weight is 543 g/mol. The second kappa shape index (κ2) is 11.2. The van der Waals surface area contributed by atoms with Crippen molar-refractivity contribution < 1.29 is 17.9 Å². The molecule has 186 valence electrons. The minimum Gasteiger partial charge on any atom is -0.491 e. The van der Waals surface area contributed by atoms with Crippen molar-refractivity contribution in [2.24, 2.45) is 0 Å². The van der Waals surface area contributed by atoms with Crippen molar-refractivity contribution >= 4 is 55.6 Å². The van der Waals surface area contributed by atoms with Gasteiger partial charge >= 0.3 is 0 Å². The van der Waals surface area contributed by atoms with Gasteiger partial charge in [0.2, 0.25) is 10.0 Å². The number of hydrogen-bond acceptors (Lipinski definition) is 4. The molecule has 0 heterocycles. The second-order valence-corrected chi connectivity index (χ2v) is 10.8. The number of anilines is 1. The molecule has 6 nitrogen and oxygen atoms in total. The summed E-state index contributed by atoms with van der Waals surface area (Å²) in [5.41, 5.74) is 1.43. The Labute approximate surface area is 220 Å². The summed E-state index contributed by atoms with van der Waals surface area (Å²) < 4.78 is 31.9. The van der Waals surface area contributed by atoms with Crippen LogP contribution in [0.15, 0.2) is 84.9 Å². The summed E-state index contributed by atoms with van der Waals surface area (Å²) in [6.07, 6.45) is 1.10. The molecular formula is C27H24Cl2N2O4S. The number of ether oxygens (including phenoxy) is 1. The topological polar surface area (TPSA) is 75.7 Å². The van der Waals surface area contributed by atoms with E-state index in [0.717, 1.165) is 22.8 Å². The maximum atomic E-state index is 12.6. The van der Waals surface area contributed by atoms with Crippen LogP contribution >= 0.6 is 23.2 Å².